The summed E-state index contributed by atoms with van der Waals surface area (Å²) in [5.74, 6) is 0.487. The molecule has 0 saturated carbocycles. The van der Waals surface area contributed by atoms with Gasteiger partial charge in [-0.05, 0) is 29.2 Å². The molecule has 0 aliphatic rings. The smallest absolute Gasteiger partial charge is 0.193 e. The highest BCUT2D eigenvalue weighted by Gasteiger charge is 2.15. The first-order valence-corrected chi connectivity index (χ1v) is 6.91. The minimum Gasteiger partial charge on any atom is -0.495 e. The average Bonchev–Trinajstić information content (AvgIpc) is 2.46. The summed E-state index contributed by atoms with van der Waals surface area (Å²) in [5.41, 5.74) is 8.81. The van der Waals surface area contributed by atoms with Gasteiger partial charge in [-0.2, -0.15) is 0 Å². The van der Waals surface area contributed by atoms with Crippen LogP contribution in [0.3, 0.4) is 0 Å². The highest BCUT2D eigenvalue weighted by Crippen LogP contribution is 2.25. The van der Waals surface area contributed by atoms with Crippen molar-refractivity contribution in [3.63, 3.8) is 0 Å². The summed E-state index contributed by atoms with van der Waals surface area (Å²) < 4.78 is 5.16. The lowest BCUT2D eigenvalue weighted by molar-refractivity contribution is 0.103. The number of rotatable bonds is 3. The Morgan fingerprint density at radius 1 is 1.00 bits per heavy atom. The Labute approximate surface area is 125 Å². The molecule has 2 rings (SSSR count). The zero-order chi connectivity index (χ0) is 15.6. The zero-order valence-corrected chi connectivity index (χ0v) is 12.9. The minimum atomic E-state index is -0.0336. The largest absolute Gasteiger partial charge is 0.495 e. The summed E-state index contributed by atoms with van der Waals surface area (Å²) >= 11 is 0. The van der Waals surface area contributed by atoms with E-state index in [2.05, 4.69) is 20.8 Å². The Morgan fingerprint density at radius 3 is 2.10 bits per heavy atom. The van der Waals surface area contributed by atoms with Crippen LogP contribution in [-0.2, 0) is 5.41 Å². The Balaban J connectivity index is 2.32. The van der Waals surface area contributed by atoms with Crippen molar-refractivity contribution in [2.45, 2.75) is 26.2 Å². The van der Waals surface area contributed by atoms with Crippen LogP contribution >= 0.6 is 0 Å². The van der Waals surface area contributed by atoms with Gasteiger partial charge in [0.15, 0.2) is 5.78 Å². The number of benzene rings is 2. The van der Waals surface area contributed by atoms with Gasteiger partial charge in [-0.1, -0.05) is 45.0 Å². The van der Waals surface area contributed by atoms with Gasteiger partial charge < -0.3 is 10.5 Å². The molecule has 0 aliphatic carbocycles. The fraction of sp³-hybridized carbons (Fsp3) is 0.278. The molecule has 2 N–H and O–H groups in total. The van der Waals surface area contributed by atoms with Crippen molar-refractivity contribution < 1.29 is 9.53 Å². The van der Waals surface area contributed by atoms with Crippen LogP contribution in [0.15, 0.2) is 42.5 Å². The van der Waals surface area contributed by atoms with Crippen LogP contribution in [0.25, 0.3) is 0 Å². The van der Waals surface area contributed by atoms with Crippen LogP contribution in [0.4, 0.5) is 5.69 Å². The zero-order valence-electron chi connectivity index (χ0n) is 12.9. The number of carbonyl (C=O) groups is 1. The van der Waals surface area contributed by atoms with Crippen LogP contribution in [-0.4, -0.2) is 12.9 Å². The minimum absolute atomic E-state index is 0.0336. The van der Waals surface area contributed by atoms with E-state index in [4.69, 9.17) is 10.5 Å². The van der Waals surface area contributed by atoms with Gasteiger partial charge in [-0.3, -0.25) is 4.79 Å². The molecule has 0 unspecified atom stereocenters. The van der Waals surface area contributed by atoms with Gasteiger partial charge >= 0.3 is 0 Å². The van der Waals surface area contributed by atoms with Gasteiger partial charge in [0.1, 0.15) is 5.75 Å². The SMILES string of the molecule is COc1cc(C(=O)c2ccc(C(C)(C)C)cc2)ccc1N. The number of anilines is 1. The molecule has 0 fully saturated rings. The maximum Gasteiger partial charge on any atom is 0.193 e. The van der Waals surface area contributed by atoms with Gasteiger partial charge in [-0.25, -0.2) is 0 Å². The lowest BCUT2D eigenvalue weighted by Gasteiger charge is -2.19. The van der Waals surface area contributed by atoms with E-state index in [-0.39, 0.29) is 11.2 Å². The first-order chi connectivity index (χ1) is 9.82. The normalized spacial score (nSPS) is 11.2. The number of ether oxygens (including phenoxy) is 1. The van der Waals surface area contributed by atoms with E-state index in [0.29, 0.717) is 22.6 Å². The van der Waals surface area contributed by atoms with E-state index in [9.17, 15) is 4.79 Å². The van der Waals surface area contributed by atoms with Crippen molar-refractivity contribution in [1.29, 1.82) is 0 Å². The van der Waals surface area contributed by atoms with Crippen LogP contribution in [0, 0.1) is 0 Å². The Hall–Kier alpha value is -2.29. The van der Waals surface area contributed by atoms with Crippen LogP contribution in [0.1, 0.15) is 42.3 Å². The summed E-state index contributed by atoms with van der Waals surface area (Å²) in [6.07, 6.45) is 0. The number of carbonyl (C=O) groups excluding carboxylic acids is 1. The first-order valence-electron chi connectivity index (χ1n) is 6.91. The highest BCUT2D eigenvalue weighted by molar-refractivity contribution is 6.09. The molecule has 0 aliphatic heterocycles. The van der Waals surface area contributed by atoms with Gasteiger partial charge in [-0.15, -0.1) is 0 Å². The molecule has 0 heterocycles. The van der Waals surface area contributed by atoms with E-state index in [1.807, 2.05) is 24.3 Å². The maximum atomic E-state index is 12.5. The first kappa shape index (κ1) is 15.1. The van der Waals surface area contributed by atoms with E-state index >= 15 is 0 Å². The van der Waals surface area contributed by atoms with E-state index in [1.54, 1.807) is 18.2 Å². The molecule has 2 aromatic rings. The second kappa shape index (κ2) is 5.60. The van der Waals surface area contributed by atoms with Crippen LogP contribution < -0.4 is 10.5 Å². The molecule has 0 atom stereocenters. The molecule has 0 saturated heterocycles. The Morgan fingerprint density at radius 2 is 1.57 bits per heavy atom. The Kier molecular flexibility index (Phi) is 4.03. The molecule has 110 valence electrons. The molecule has 3 nitrogen and oxygen atoms in total. The molecular weight excluding hydrogens is 262 g/mol. The van der Waals surface area contributed by atoms with Gasteiger partial charge in [0, 0.05) is 11.1 Å². The van der Waals surface area contributed by atoms with Crippen molar-refractivity contribution in [3.8, 4) is 5.75 Å². The van der Waals surface area contributed by atoms with Gasteiger partial charge in [0.2, 0.25) is 0 Å². The molecule has 3 heteroatoms. The van der Waals surface area contributed by atoms with E-state index in [1.165, 1.54) is 12.7 Å². The number of nitrogen functional groups attached to an aromatic ring is 1. The highest BCUT2D eigenvalue weighted by atomic mass is 16.5. The van der Waals surface area contributed by atoms with Gasteiger partial charge in [0.25, 0.3) is 0 Å². The lowest BCUT2D eigenvalue weighted by atomic mass is 9.86. The summed E-state index contributed by atoms with van der Waals surface area (Å²) in [6, 6.07) is 12.8. The molecule has 0 spiro atoms. The number of nitrogens with two attached hydrogens (primary N) is 1. The summed E-state index contributed by atoms with van der Waals surface area (Å²) in [4.78, 5) is 12.5. The quantitative estimate of drug-likeness (QED) is 0.688. The lowest BCUT2D eigenvalue weighted by Crippen LogP contribution is -2.11. The molecule has 0 radical (unpaired) electrons. The molecule has 0 bridgehead atoms. The second-order valence-corrected chi connectivity index (χ2v) is 6.11. The molecule has 2 aromatic carbocycles. The number of methoxy groups -OCH3 is 1. The second-order valence-electron chi connectivity index (χ2n) is 6.11. The Bertz CT molecular complexity index is 652. The standard InChI is InChI=1S/C18H21NO2/c1-18(2,3)14-8-5-12(6-9-14)17(20)13-7-10-15(19)16(11-13)21-4/h5-11H,19H2,1-4H3. The number of hydrogen-bond donors (Lipinski definition) is 1. The van der Waals surface area contributed by atoms with Gasteiger partial charge in [0.05, 0.1) is 12.8 Å². The summed E-state index contributed by atoms with van der Waals surface area (Å²) in [7, 11) is 1.54. The molecular formula is C18H21NO2. The molecule has 0 amide bonds. The summed E-state index contributed by atoms with van der Waals surface area (Å²) in [6.45, 7) is 6.44. The third kappa shape index (κ3) is 3.24. The van der Waals surface area contributed by atoms with Crippen molar-refractivity contribution in [1.82, 2.24) is 0 Å². The van der Waals surface area contributed by atoms with Crippen LogP contribution in [0.5, 0.6) is 5.75 Å². The predicted molar refractivity (Wildman–Crippen MR) is 86.0 cm³/mol. The van der Waals surface area contributed by atoms with Crippen molar-refractivity contribution >= 4 is 11.5 Å². The third-order valence-corrected chi connectivity index (χ3v) is 3.51. The monoisotopic (exact) mass is 283 g/mol. The topological polar surface area (TPSA) is 52.3 Å². The van der Waals surface area contributed by atoms with Crippen molar-refractivity contribution in [3.05, 3.63) is 59.2 Å². The van der Waals surface area contributed by atoms with E-state index in [0.717, 1.165) is 0 Å². The fourth-order valence-corrected chi connectivity index (χ4v) is 2.14. The van der Waals surface area contributed by atoms with Crippen molar-refractivity contribution in [2.24, 2.45) is 0 Å². The van der Waals surface area contributed by atoms with E-state index < -0.39 is 0 Å². The summed E-state index contributed by atoms with van der Waals surface area (Å²) in [5, 5.41) is 0. The van der Waals surface area contributed by atoms with Crippen molar-refractivity contribution in [2.75, 3.05) is 12.8 Å². The number of hydrogen-bond acceptors (Lipinski definition) is 3. The maximum absolute atomic E-state index is 12.5. The predicted octanol–water partition coefficient (Wildman–Crippen LogP) is 3.81. The molecule has 21 heavy (non-hydrogen) atoms. The molecule has 0 aromatic heterocycles. The third-order valence-electron chi connectivity index (χ3n) is 3.51. The number of ketones is 1. The fourth-order valence-electron chi connectivity index (χ4n) is 2.14. The average molecular weight is 283 g/mol. The van der Waals surface area contributed by atoms with Crippen LogP contribution in [0.2, 0.25) is 0 Å².